The van der Waals surface area contributed by atoms with E-state index in [1.807, 2.05) is 0 Å². The summed E-state index contributed by atoms with van der Waals surface area (Å²) in [4.78, 5) is 15.4. The van der Waals surface area contributed by atoms with Gasteiger partial charge in [-0.3, -0.25) is 0 Å². The lowest BCUT2D eigenvalue weighted by Crippen LogP contribution is -2.10. The molecule has 3 aromatic rings. The molecule has 1 aliphatic rings. The molecule has 0 atom stereocenters. The van der Waals surface area contributed by atoms with Gasteiger partial charge < -0.3 is 9.84 Å². The number of carboxylic acid groups (broad SMARTS) is 1. The van der Waals surface area contributed by atoms with Gasteiger partial charge in [0.1, 0.15) is 10.8 Å². The second kappa shape index (κ2) is 6.20. The first-order chi connectivity index (χ1) is 12.8. The molecule has 0 amide bonds. The first-order valence-electron chi connectivity index (χ1n) is 8.48. The first kappa shape index (κ1) is 17.7. The lowest BCUT2D eigenvalue weighted by atomic mass is 10.1. The summed E-state index contributed by atoms with van der Waals surface area (Å²) in [5, 5.41) is 14.4. The third-order valence-electron chi connectivity index (χ3n) is 4.88. The number of hydrogen-bond acceptors (Lipinski definition) is 4. The number of benzene rings is 1. The zero-order valence-corrected chi connectivity index (χ0v) is 15.5. The van der Waals surface area contributed by atoms with Gasteiger partial charge in [0, 0.05) is 16.9 Å². The average molecular weight is 390 g/mol. The minimum atomic E-state index is -1.32. The van der Waals surface area contributed by atoms with Crippen LogP contribution >= 0.6 is 11.6 Å². The zero-order chi connectivity index (χ0) is 19.3. The number of rotatable bonds is 5. The molecule has 0 bridgehead atoms. The molecular formula is C19H17ClFN3O3. The van der Waals surface area contributed by atoms with E-state index in [1.54, 1.807) is 19.2 Å². The highest BCUT2D eigenvalue weighted by molar-refractivity contribution is 6.32. The van der Waals surface area contributed by atoms with Crippen LogP contribution in [0.25, 0.3) is 16.6 Å². The molecule has 0 spiro atoms. The molecule has 140 valence electrons. The van der Waals surface area contributed by atoms with Gasteiger partial charge in [0.2, 0.25) is 5.88 Å². The van der Waals surface area contributed by atoms with E-state index >= 15 is 0 Å². The Balaban J connectivity index is 1.72. The van der Waals surface area contributed by atoms with Crippen molar-refractivity contribution in [2.24, 2.45) is 5.41 Å². The van der Waals surface area contributed by atoms with Gasteiger partial charge in [-0.25, -0.2) is 18.9 Å². The summed E-state index contributed by atoms with van der Waals surface area (Å²) in [5.74, 6) is -1.80. The number of fused-ring (bicyclic) bond motifs is 1. The van der Waals surface area contributed by atoms with Crippen LogP contribution in [-0.2, 0) is 0 Å². The van der Waals surface area contributed by atoms with Crippen LogP contribution in [0.5, 0.6) is 5.88 Å². The Morgan fingerprint density at radius 2 is 2.15 bits per heavy atom. The molecule has 8 heteroatoms. The second-order valence-corrected chi connectivity index (χ2v) is 7.64. The Morgan fingerprint density at radius 3 is 2.78 bits per heavy atom. The van der Waals surface area contributed by atoms with Crippen LogP contribution in [0.15, 0.2) is 24.4 Å². The molecule has 2 aromatic heterocycles. The van der Waals surface area contributed by atoms with Gasteiger partial charge in [0.05, 0.1) is 35.3 Å². The van der Waals surface area contributed by atoms with Crippen molar-refractivity contribution in [1.82, 2.24) is 14.8 Å². The Hall–Kier alpha value is -2.67. The predicted octanol–water partition coefficient (Wildman–Crippen LogP) is 4.40. The van der Waals surface area contributed by atoms with E-state index in [9.17, 15) is 9.18 Å². The minimum absolute atomic E-state index is 0.207. The van der Waals surface area contributed by atoms with E-state index in [0.29, 0.717) is 39.8 Å². The van der Waals surface area contributed by atoms with Crippen molar-refractivity contribution in [2.45, 2.75) is 26.7 Å². The SMILES string of the molecule is Cc1nn(-c2cnc(OCC3(C)CC3)c(Cl)c2)c2cc(F)c(C(=O)O)cc12. The number of nitrogens with zero attached hydrogens (tertiary/aromatic N) is 3. The highest BCUT2D eigenvalue weighted by atomic mass is 35.5. The molecule has 1 aliphatic carbocycles. The summed E-state index contributed by atoms with van der Waals surface area (Å²) < 4.78 is 21.4. The van der Waals surface area contributed by atoms with Gasteiger partial charge in [-0.05, 0) is 31.9 Å². The molecule has 0 aliphatic heterocycles. The molecule has 0 saturated heterocycles. The van der Waals surface area contributed by atoms with E-state index in [0.717, 1.165) is 18.9 Å². The summed E-state index contributed by atoms with van der Waals surface area (Å²) in [5.41, 5.74) is 1.36. The second-order valence-electron chi connectivity index (χ2n) is 7.23. The predicted molar refractivity (Wildman–Crippen MR) is 98.4 cm³/mol. The van der Waals surface area contributed by atoms with E-state index in [1.165, 1.54) is 10.7 Å². The van der Waals surface area contributed by atoms with Crippen LogP contribution < -0.4 is 4.74 Å². The maximum absolute atomic E-state index is 14.2. The molecule has 6 nitrogen and oxygen atoms in total. The first-order valence-corrected chi connectivity index (χ1v) is 8.86. The fraction of sp³-hybridized carbons (Fsp3) is 0.316. The number of carbonyl (C=O) groups is 1. The lowest BCUT2D eigenvalue weighted by molar-refractivity contribution is 0.0692. The molecule has 2 heterocycles. The summed E-state index contributed by atoms with van der Waals surface area (Å²) >= 11 is 6.30. The quantitative estimate of drug-likeness (QED) is 0.699. The van der Waals surface area contributed by atoms with Crippen molar-refractivity contribution < 1.29 is 19.0 Å². The fourth-order valence-electron chi connectivity index (χ4n) is 2.88. The van der Waals surface area contributed by atoms with Gasteiger partial charge in [-0.1, -0.05) is 18.5 Å². The van der Waals surface area contributed by atoms with Crippen LogP contribution in [0.3, 0.4) is 0 Å². The van der Waals surface area contributed by atoms with Gasteiger partial charge >= 0.3 is 5.97 Å². The number of hydrogen-bond donors (Lipinski definition) is 1. The van der Waals surface area contributed by atoms with E-state index in [2.05, 4.69) is 17.0 Å². The molecular weight excluding hydrogens is 373 g/mol. The lowest BCUT2D eigenvalue weighted by Gasteiger charge is -2.12. The van der Waals surface area contributed by atoms with E-state index < -0.39 is 17.3 Å². The summed E-state index contributed by atoms with van der Waals surface area (Å²) in [6, 6.07) is 4.09. The van der Waals surface area contributed by atoms with Gasteiger partial charge in [0.15, 0.2) is 0 Å². The van der Waals surface area contributed by atoms with Crippen LogP contribution in [-0.4, -0.2) is 32.4 Å². The average Bonchev–Trinajstić information content (AvgIpc) is 3.26. The van der Waals surface area contributed by atoms with Gasteiger partial charge in [0.25, 0.3) is 0 Å². The molecule has 1 saturated carbocycles. The van der Waals surface area contributed by atoms with Gasteiger partial charge in [-0.2, -0.15) is 5.10 Å². The van der Waals surface area contributed by atoms with E-state index in [-0.39, 0.29) is 5.41 Å². The van der Waals surface area contributed by atoms with E-state index in [4.69, 9.17) is 21.4 Å². The summed E-state index contributed by atoms with van der Waals surface area (Å²) in [6.45, 7) is 4.44. The molecule has 0 radical (unpaired) electrons. The molecule has 1 N–H and O–H groups in total. The van der Waals surface area contributed by atoms with Gasteiger partial charge in [-0.15, -0.1) is 0 Å². The van der Waals surface area contributed by atoms with Crippen molar-refractivity contribution in [2.75, 3.05) is 6.61 Å². The van der Waals surface area contributed by atoms with Crippen LogP contribution in [0.2, 0.25) is 5.02 Å². The molecule has 1 aromatic carbocycles. The number of aromatic carboxylic acids is 1. The number of aryl methyl sites for hydroxylation is 1. The third kappa shape index (κ3) is 3.23. The van der Waals surface area contributed by atoms with Crippen molar-refractivity contribution in [3.05, 3.63) is 46.5 Å². The Morgan fingerprint density at radius 1 is 1.41 bits per heavy atom. The smallest absolute Gasteiger partial charge is 0.338 e. The van der Waals surface area contributed by atoms with Crippen molar-refractivity contribution in [1.29, 1.82) is 0 Å². The Bertz CT molecular complexity index is 1080. The Labute approximate surface area is 159 Å². The standard InChI is InChI=1S/C19H17ClFN3O3/c1-10-12-6-13(18(25)26)15(21)7-16(12)24(23-10)11-5-14(20)17(22-8-11)27-9-19(2)3-4-19/h5-8H,3-4,9H2,1-2H3,(H,25,26). The molecule has 0 unspecified atom stereocenters. The zero-order valence-electron chi connectivity index (χ0n) is 14.8. The summed E-state index contributed by atoms with van der Waals surface area (Å²) in [7, 11) is 0. The maximum atomic E-state index is 14.2. The number of pyridine rings is 1. The van der Waals surface area contributed by atoms with Crippen LogP contribution in [0.1, 0.15) is 35.8 Å². The van der Waals surface area contributed by atoms with Crippen LogP contribution in [0, 0.1) is 18.2 Å². The largest absolute Gasteiger partial charge is 0.478 e. The monoisotopic (exact) mass is 389 g/mol. The van der Waals surface area contributed by atoms with Crippen molar-refractivity contribution >= 4 is 28.5 Å². The molecule has 1 fully saturated rings. The maximum Gasteiger partial charge on any atom is 0.338 e. The number of aromatic nitrogens is 3. The topological polar surface area (TPSA) is 77.2 Å². The van der Waals surface area contributed by atoms with Crippen LogP contribution in [0.4, 0.5) is 4.39 Å². The number of halogens is 2. The molecule has 4 rings (SSSR count). The molecule has 27 heavy (non-hydrogen) atoms. The van der Waals surface area contributed by atoms with Crippen molar-refractivity contribution in [3.8, 4) is 11.6 Å². The number of ether oxygens (including phenoxy) is 1. The fourth-order valence-corrected chi connectivity index (χ4v) is 3.10. The third-order valence-corrected chi connectivity index (χ3v) is 5.15. The number of carboxylic acids is 1. The highest BCUT2D eigenvalue weighted by Crippen LogP contribution is 2.45. The Kier molecular flexibility index (Phi) is 4.07. The summed E-state index contributed by atoms with van der Waals surface area (Å²) in [6.07, 6.45) is 3.81. The van der Waals surface area contributed by atoms with Crippen molar-refractivity contribution in [3.63, 3.8) is 0 Å². The normalized spacial score (nSPS) is 15.1. The minimum Gasteiger partial charge on any atom is -0.478 e. The highest BCUT2D eigenvalue weighted by Gasteiger charge is 2.38.